The molecule has 1 aliphatic heterocycles. The monoisotopic (exact) mass is 315 g/mol. The molecule has 2 N–H and O–H groups in total. The van der Waals surface area contributed by atoms with E-state index in [1.807, 2.05) is 36.2 Å². The summed E-state index contributed by atoms with van der Waals surface area (Å²) in [7, 11) is 1.91. The minimum atomic E-state index is -0.794. The Morgan fingerprint density at radius 2 is 2.17 bits per heavy atom. The Bertz CT molecular complexity index is 784. The predicted octanol–water partition coefficient (Wildman–Crippen LogP) is 1.64. The second kappa shape index (κ2) is 6.42. The summed E-state index contributed by atoms with van der Waals surface area (Å²) in [6, 6.07) is 7.83. The van der Waals surface area contributed by atoms with Gasteiger partial charge in [0.15, 0.2) is 0 Å². The molecule has 0 atom stereocenters. The molecule has 0 aliphatic carbocycles. The van der Waals surface area contributed by atoms with Gasteiger partial charge >= 0.3 is 5.97 Å². The maximum atomic E-state index is 12.4. The second-order valence-corrected chi connectivity index (χ2v) is 6.06. The summed E-state index contributed by atoms with van der Waals surface area (Å²) in [6.45, 7) is 1.98. The topological polar surface area (TPSA) is 76.6 Å². The van der Waals surface area contributed by atoms with Gasteiger partial charge in [-0.05, 0) is 26.0 Å². The summed E-state index contributed by atoms with van der Waals surface area (Å²) in [5, 5.41) is 9.87. The first-order chi connectivity index (χ1) is 11.1. The average molecular weight is 315 g/mol. The van der Waals surface area contributed by atoms with Gasteiger partial charge in [-0.1, -0.05) is 18.2 Å². The Kier molecular flexibility index (Phi) is 4.34. The highest BCUT2D eigenvalue weighted by Crippen LogP contribution is 2.31. The number of aromatic amines is 1. The van der Waals surface area contributed by atoms with E-state index in [0.29, 0.717) is 13.2 Å². The Hall–Kier alpha value is -2.34. The van der Waals surface area contributed by atoms with Crippen LogP contribution in [-0.2, 0) is 11.2 Å². The lowest BCUT2D eigenvalue weighted by Crippen LogP contribution is -2.41. The van der Waals surface area contributed by atoms with E-state index in [1.54, 1.807) is 0 Å². The Balaban J connectivity index is 1.95. The van der Waals surface area contributed by atoms with E-state index >= 15 is 0 Å². The number of carboxylic acid groups (broad SMARTS) is 1. The molecule has 6 heteroatoms. The summed E-state index contributed by atoms with van der Waals surface area (Å²) in [5.74, 6) is -0.794. The molecule has 0 fully saturated rings. The largest absolute Gasteiger partial charge is 0.481 e. The van der Waals surface area contributed by atoms with Gasteiger partial charge in [0.25, 0.3) is 5.56 Å². The van der Waals surface area contributed by atoms with Gasteiger partial charge in [0.1, 0.15) is 0 Å². The number of pyridine rings is 1. The first-order valence-electron chi connectivity index (χ1n) is 7.85. The number of carbonyl (C=O) groups is 1. The molecular weight excluding hydrogens is 294 g/mol. The molecule has 1 aromatic carbocycles. The van der Waals surface area contributed by atoms with Crippen molar-refractivity contribution in [3.63, 3.8) is 0 Å². The van der Waals surface area contributed by atoms with Crippen LogP contribution in [0.25, 0.3) is 10.9 Å². The fourth-order valence-electron chi connectivity index (χ4n) is 3.21. The van der Waals surface area contributed by atoms with Crippen LogP contribution in [0.5, 0.6) is 0 Å². The summed E-state index contributed by atoms with van der Waals surface area (Å²) in [5.41, 5.74) is 2.66. The van der Waals surface area contributed by atoms with E-state index in [0.717, 1.165) is 41.5 Å². The van der Waals surface area contributed by atoms with Crippen LogP contribution in [0.1, 0.15) is 18.4 Å². The maximum absolute atomic E-state index is 12.4. The van der Waals surface area contributed by atoms with Crippen molar-refractivity contribution in [2.75, 3.05) is 31.7 Å². The van der Waals surface area contributed by atoms with Gasteiger partial charge in [-0.2, -0.15) is 0 Å². The quantitative estimate of drug-likeness (QED) is 0.877. The van der Waals surface area contributed by atoms with Gasteiger partial charge < -0.3 is 15.0 Å². The van der Waals surface area contributed by atoms with Crippen molar-refractivity contribution in [3.05, 3.63) is 40.2 Å². The highest BCUT2D eigenvalue weighted by Gasteiger charge is 2.23. The van der Waals surface area contributed by atoms with Gasteiger partial charge in [0.2, 0.25) is 0 Å². The zero-order valence-electron chi connectivity index (χ0n) is 13.2. The minimum Gasteiger partial charge on any atom is -0.481 e. The number of aliphatic carboxylic acids is 1. The van der Waals surface area contributed by atoms with Gasteiger partial charge in [-0.25, -0.2) is 0 Å². The summed E-state index contributed by atoms with van der Waals surface area (Å²) < 4.78 is 0. The summed E-state index contributed by atoms with van der Waals surface area (Å²) >= 11 is 0. The van der Waals surface area contributed by atoms with Crippen LogP contribution in [0.2, 0.25) is 0 Å². The molecular formula is C17H21N3O3. The smallest absolute Gasteiger partial charge is 0.304 e. The molecule has 1 aliphatic rings. The van der Waals surface area contributed by atoms with Crippen LogP contribution in [0.15, 0.2) is 29.1 Å². The van der Waals surface area contributed by atoms with E-state index in [-0.39, 0.29) is 12.0 Å². The molecule has 1 aromatic heterocycles. The third-order valence-electron chi connectivity index (χ3n) is 4.28. The third-order valence-corrected chi connectivity index (χ3v) is 4.28. The molecule has 0 saturated heterocycles. The van der Waals surface area contributed by atoms with Crippen molar-refractivity contribution in [2.24, 2.45) is 0 Å². The molecule has 23 heavy (non-hydrogen) atoms. The molecule has 0 radical (unpaired) electrons. The predicted molar refractivity (Wildman–Crippen MR) is 90.0 cm³/mol. The zero-order chi connectivity index (χ0) is 16.4. The second-order valence-electron chi connectivity index (χ2n) is 6.06. The summed E-state index contributed by atoms with van der Waals surface area (Å²) in [6.07, 6.45) is 1.83. The number of para-hydroxylation sites is 1. The van der Waals surface area contributed by atoms with Gasteiger partial charge in [-0.15, -0.1) is 0 Å². The molecule has 0 spiro atoms. The van der Waals surface area contributed by atoms with E-state index < -0.39 is 5.97 Å². The average Bonchev–Trinajstić information content (AvgIpc) is 2.53. The number of H-pyrrole nitrogens is 1. The normalized spacial score (nSPS) is 14.3. The summed E-state index contributed by atoms with van der Waals surface area (Å²) in [4.78, 5) is 30.2. The number of nitrogens with zero attached hydrogens (tertiary/aromatic N) is 2. The van der Waals surface area contributed by atoms with Crippen LogP contribution in [0.3, 0.4) is 0 Å². The number of benzene rings is 1. The van der Waals surface area contributed by atoms with Crippen molar-refractivity contribution in [2.45, 2.75) is 19.3 Å². The lowest BCUT2D eigenvalue weighted by atomic mass is 10.00. The van der Waals surface area contributed by atoms with Crippen molar-refractivity contribution in [1.82, 2.24) is 9.88 Å². The Morgan fingerprint density at radius 1 is 1.39 bits per heavy atom. The number of aromatic nitrogens is 1. The molecule has 6 nitrogen and oxygen atoms in total. The van der Waals surface area contributed by atoms with Crippen molar-refractivity contribution >= 4 is 22.6 Å². The third kappa shape index (κ3) is 3.22. The van der Waals surface area contributed by atoms with Crippen LogP contribution in [-0.4, -0.2) is 47.8 Å². The van der Waals surface area contributed by atoms with Gasteiger partial charge in [0.05, 0.1) is 24.3 Å². The number of fused-ring (bicyclic) bond motifs is 3. The molecule has 3 rings (SSSR count). The first kappa shape index (κ1) is 15.6. The van der Waals surface area contributed by atoms with Crippen LogP contribution >= 0.6 is 0 Å². The number of anilines is 1. The van der Waals surface area contributed by atoms with Gasteiger partial charge in [-0.3, -0.25) is 14.5 Å². The van der Waals surface area contributed by atoms with E-state index in [2.05, 4.69) is 9.88 Å². The van der Waals surface area contributed by atoms with E-state index in [9.17, 15) is 9.59 Å². The number of hydrogen-bond donors (Lipinski definition) is 2. The molecule has 2 heterocycles. The maximum Gasteiger partial charge on any atom is 0.304 e. The van der Waals surface area contributed by atoms with Gasteiger partial charge in [0, 0.05) is 24.0 Å². The van der Waals surface area contributed by atoms with Crippen molar-refractivity contribution in [3.8, 4) is 0 Å². The van der Waals surface area contributed by atoms with Crippen LogP contribution in [0, 0.1) is 0 Å². The van der Waals surface area contributed by atoms with Crippen LogP contribution < -0.4 is 10.5 Å². The molecule has 0 bridgehead atoms. The lowest BCUT2D eigenvalue weighted by Gasteiger charge is -2.34. The molecule has 0 saturated carbocycles. The molecule has 0 unspecified atom stereocenters. The zero-order valence-corrected chi connectivity index (χ0v) is 13.2. The fourth-order valence-corrected chi connectivity index (χ4v) is 3.21. The molecule has 122 valence electrons. The van der Waals surface area contributed by atoms with E-state index in [1.165, 1.54) is 0 Å². The van der Waals surface area contributed by atoms with E-state index in [4.69, 9.17) is 5.11 Å². The number of rotatable bonds is 5. The molecule has 0 amide bonds. The fraction of sp³-hybridized carbons (Fsp3) is 0.412. The Morgan fingerprint density at radius 3 is 2.96 bits per heavy atom. The standard InChI is InChI=1S/C17H21N3O3/c1-19(10-8-15(21)22)11-20-9-4-6-13-16(20)12-5-2-3-7-14(12)18-17(13)23/h2-3,5,7H,4,6,8-11H2,1H3,(H,18,23)(H,21,22). The highest BCUT2D eigenvalue weighted by atomic mass is 16.4. The highest BCUT2D eigenvalue weighted by molar-refractivity contribution is 5.93. The number of nitrogens with one attached hydrogen (secondary N) is 1. The van der Waals surface area contributed by atoms with Crippen molar-refractivity contribution in [1.29, 1.82) is 0 Å². The SMILES string of the molecule is CN(CCC(=O)O)CN1CCCc2c1c1ccccc1[nH]c2=O. The Labute approximate surface area is 134 Å². The number of carboxylic acids is 1. The minimum absolute atomic E-state index is 0.0170. The van der Waals surface area contributed by atoms with Crippen molar-refractivity contribution < 1.29 is 9.90 Å². The van der Waals surface area contributed by atoms with Crippen LogP contribution in [0.4, 0.5) is 5.69 Å². The first-order valence-corrected chi connectivity index (χ1v) is 7.85. The molecule has 2 aromatic rings. The number of hydrogen-bond acceptors (Lipinski definition) is 4. The lowest BCUT2D eigenvalue weighted by molar-refractivity contribution is -0.137.